The molecule has 0 aliphatic heterocycles. The molecule has 0 heterocycles. The molecule has 5 nitrogen and oxygen atoms in total. The summed E-state index contributed by atoms with van der Waals surface area (Å²) in [5.74, 6) is -1.19. The molecule has 2 N–H and O–H groups in total. The van der Waals surface area contributed by atoms with Gasteiger partial charge in [0.25, 0.3) is 5.91 Å². The first-order valence-electron chi connectivity index (χ1n) is 6.27. The van der Waals surface area contributed by atoms with Gasteiger partial charge in [0.2, 0.25) is 10.0 Å². The van der Waals surface area contributed by atoms with E-state index in [1.165, 1.54) is 11.8 Å². The molecular formula is C13H19FN2O3S. The monoisotopic (exact) mass is 302 g/mol. The molecule has 1 aromatic rings. The van der Waals surface area contributed by atoms with Crippen molar-refractivity contribution < 1.29 is 17.6 Å². The van der Waals surface area contributed by atoms with Gasteiger partial charge in [-0.15, -0.1) is 0 Å². The SMILES string of the molecule is CCCCN(C)C(=O)c1cc(F)c(C)c(S(N)(=O)=O)c1. The van der Waals surface area contributed by atoms with E-state index in [0.717, 1.165) is 25.0 Å². The molecular weight excluding hydrogens is 283 g/mol. The van der Waals surface area contributed by atoms with Crippen LogP contribution in [0.5, 0.6) is 0 Å². The van der Waals surface area contributed by atoms with Crippen molar-refractivity contribution in [2.24, 2.45) is 5.14 Å². The fourth-order valence-electron chi connectivity index (χ4n) is 1.79. The van der Waals surface area contributed by atoms with Crippen LogP contribution in [-0.2, 0) is 10.0 Å². The predicted octanol–water partition coefficient (Wildman–Crippen LogP) is 1.65. The molecule has 0 aliphatic rings. The van der Waals surface area contributed by atoms with Gasteiger partial charge in [-0.1, -0.05) is 13.3 Å². The smallest absolute Gasteiger partial charge is 0.253 e. The van der Waals surface area contributed by atoms with E-state index in [4.69, 9.17) is 5.14 Å². The first kappa shape index (κ1) is 16.6. The maximum Gasteiger partial charge on any atom is 0.253 e. The molecule has 0 spiro atoms. The Morgan fingerprint density at radius 3 is 2.50 bits per heavy atom. The van der Waals surface area contributed by atoms with Gasteiger partial charge in [-0.25, -0.2) is 17.9 Å². The highest BCUT2D eigenvalue weighted by atomic mass is 32.2. The van der Waals surface area contributed by atoms with E-state index in [0.29, 0.717) is 6.54 Å². The van der Waals surface area contributed by atoms with Crippen LogP contribution < -0.4 is 5.14 Å². The zero-order valence-electron chi connectivity index (χ0n) is 11.8. The van der Waals surface area contributed by atoms with Gasteiger partial charge in [0.1, 0.15) is 5.82 Å². The summed E-state index contributed by atoms with van der Waals surface area (Å²) in [6.45, 7) is 3.82. The lowest BCUT2D eigenvalue weighted by molar-refractivity contribution is 0.0792. The van der Waals surface area contributed by atoms with Crippen LogP contribution in [0, 0.1) is 12.7 Å². The third kappa shape index (κ3) is 3.77. The Morgan fingerprint density at radius 2 is 2.00 bits per heavy atom. The Hall–Kier alpha value is -1.47. The number of nitrogens with two attached hydrogens (primary N) is 1. The standard InChI is InChI=1S/C13H19FN2O3S/c1-4-5-6-16(3)13(17)10-7-11(14)9(2)12(8-10)20(15,18)19/h7-8H,4-6H2,1-3H3,(H2,15,18,19). The van der Waals surface area contributed by atoms with Crippen molar-refractivity contribution in [3.05, 3.63) is 29.1 Å². The van der Waals surface area contributed by atoms with Gasteiger partial charge in [-0.3, -0.25) is 4.79 Å². The highest BCUT2D eigenvalue weighted by molar-refractivity contribution is 7.89. The van der Waals surface area contributed by atoms with Crippen LogP contribution in [0.25, 0.3) is 0 Å². The van der Waals surface area contributed by atoms with Crippen LogP contribution in [0.1, 0.15) is 35.7 Å². The molecule has 0 aromatic heterocycles. The predicted molar refractivity (Wildman–Crippen MR) is 74.4 cm³/mol. The largest absolute Gasteiger partial charge is 0.342 e. The maximum atomic E-state index is 13.8. The molecule has 0 atom stereocenters. The van der Waals surface area contributed by atoms with Gasteiger partial charge in [-0.2, -0.15) is 0 Å². The number of unbranched alkanes of at least 4 members (excludes halogenated alkanes) is 1. The lowest BCUT2D eigenvalue weighted by Crippen LogP contribution is -2.28. The minimum Gasteiger partial charge on any atom is -0.342 e. The Kier molecular flexibility index (Phi) is 5.24. The van der Waals surface area contributed by atoms with Gasteiger partial charge < -0.3 is 4.90 Å². The quantitative estimate of drug-likeness (QED) is 0.898. The fraction of sp³-hybridized carbons (Fsp3) is 0.462. The Morgan fingerprint density at radius 1 is 1.40 bits per heavy atom. The number of carbonyl (C=O) groups is 1. The number of nitrogens with zero attached hydrogens (tertiary/aromatic N) is 1. The fourth-order valence-corrected chi connectivity index (χ4v) is 2.61. The van der Waals surface area contributed by atoms with Gasteiger partial charge in [-0.05, 0) is 25.5 Å². The molecule has 0 saturated heterocycles. The first-order valence-corrected chi connectivity index (χ1v) is 7.81. The molecule has 0 bridgehead atoms. The number of hydrogen-bond acceptors (Lipinski definition) is 3. The van der Waals surface area contributed by atoms with E-state index in [-0.39, 0.29) is 16.0 Å². The lowest BCUT2D eigenvalue weighted by atomic mass is 10.1. The summed E-state index contributed by atoms with van der Waals surface area (Å²) < 4.78 is 36.6. The molecule has 0 unspecified atom stereocenters. The van der Waals surface area contributed by atoms with Crippen molar-refractivity contribution >= 4 is 15.9 Å². The van der Waals surface area contributed by atoms with Crippen LogP contribution in [0.2, 0.25) is 0 Å². The highest BCUT2D eigenvalue weighted by Crippen LogP contribution is 2.20. The van der Waals surface area contributed by atoms with Crippen molar-refractivity contribution in [2.75, 3.05) is 13.6 Å². The zero-order chi connectivity index (χ0) is 15.5. The number of primary sulfonamides is 1. The molecule has 0 fully saturated rings. The summed E-state index contributed by atoms with van der Waals surface area (Å²) in [6, 6.07) is 2.16. The van der Waals surface area contributed by atoms with Crippen LogP contribution in [0.4, 0.5) is 4.39 Å². The number of halogens is 1. The molecule has 0 aliphatic carbocycles. The van der Waals surface area contributed by atoms with Crippen molar-refractivity contribution in [2.45, 2.75) is 31.6 Å². The van der Waals surface area contributed by atoms with Gasteiger partial charge in [0, 0.05) is 24.7 Å². The number of amides is 1. The molecule has 20 heavy (non-hydrogen) atoms. The van der Waals surface area contributed by atoms with Crippen molar-refractivity contribution in [3.63, 3.8) is 0 Å². The van der Waals surface area contributed by atoms with E-state index < -0.39 is 21.7 Å². The summed E-state index contributed by atoms with van der Waals surface area (Å²) in [7, 11) is -2.48. The van der Waals surface area contributed by atoms with Crippen molar-refractivity contribution in [1.82, 2.24) is 4.90 Å². The number of rotatable bonds is 5. The first-order chi connectivity index (χ1) is 9.18. The molecule has 7 heteroatoms. The van der Waals surface area contributed by atoms with Crippen LogP contribution in [-0.4, -0.2) is 32.8 Å². The third-order valence-electron chi connectivity index (χ3n) is 3.04. The molecule has 1 aromatic carbocycles. The normalized spacial score (nSPS) is 11.4. The number of hydrogen-bond donors (Lipinski definition) is 1. The molecule has 112 valence electrons. The van der Waals surface area contributed by atoms with E-state index >= 15 is 0 Å². The molecule has 1 rings (SSSR count). The Balaban J connectivity index is 3.21. The van der Waals surface area contributed by atoms with Crippen LogP contribution >= 0.6 is 0 Å². The van der Waals surface area contributed by atoms with Gasteiger partial charge in [0.15, 0.2) is 0 Å². The highest BCUT2D eigenvalue weighted by Gasteiger charge is 2.20. The summed E-state index contributed by atoms with van der Waals surface area (Å²) in [4.78, 5) is 13.2. The Bertz CT molecular complexity index is 614. The maximum absolute atomic E-state index is 13.8. The lowest BCUT2D eigenvalue weighted by Gasteiger charge is -2.17. The molecule has 0 saturated carbocycles. The number of carbonyl (C=O) groups excluding carboxylic acids is 1. The van der Waals surface area contributed by atoms with Crippen LogP contribution in [0.3, 0.4) is 0 Å². The summed E-state index contributed by atoms with van der Waals surface area (Å²) in [6.07, 6.45) is 1.74. The second kappa shape index (κ2) is 6.32. The average Bonchev–Trinajstić information content (AvgIpc) is 2.36. The molecule has 1 amide bonds. The average molecular weight is 302 g/mol. The number of benzene rings is 1. The topological polar surface area (TPSA) is 80.5 Å². The summed E-state index contributed by atoms with van der Waals surface area (Å²) in [5, 5.41) is 5.03. The van der Waals surface area contributed by atoms with E-state index in [1.54, 1.807) is 7.05 Å². The molecule has 0 radical (unpaired) electrons. The van der Waals surface area contributed by atoms with E-state index in [9.17, 15) is 17.6 Å². The van der Waals surface area contributed by atoms with E-state index in [1.807, 2.05) is 6.92 Å². The van der Waals surface area contributed by atoms with Crippen molar-refractivity contribution in [1.29, 1.82) is 0 Å². The Labute approximate surface area is 118 Å². The zero-order valence-corrected chi connectivity index (χ0v) is 12.6. The van der Waals surface area contributed by atoms with Gasteiger partial charge in [0.05, 0.1) is 4.90 Å². The minimum atomic E-state index is -4.07. The summed E-state index contributed by atoms with van der Waals surface area (Å²) >= 11 is 0. The van der Waals surface area contributed by atoms with Gasteiger partial charge >= 0.3 is 0 Å². The number of sulfonamides is 1. The second-order valence-corrected chi connectivity index (χ2v) is 6.24. The summed E-state index contributed by atoms with van der Waals surface area (Å²) in [5.41, 5.74) is -0.101. The minimum absolute atomic E-state index is 0.0178. The second-order valence-electron chi connectivity index (χ2n) is 4.71. The third-order valence-corrected chi connectivity index (χ3v) is 4.08. The van der Waals surface area contributed by atoms with Crippen molar-refractivity contribution in [3.8, 4) is 0 Å². The van der Waals surface area contributed by atoms with Crippen LogP contribution in [0.15, 0.2) is 17.0 Å². The van der Waals surface area contributed by atoms with E-state index in [2.05, 4.69) is 0 Å².